The standard InChI is InChI=1S/C37H37N3.2ClH.Zr/c1-26(2)31-22-14-23-32(27(3)4)37(31)38-25-30-19-13-24-35(39-30)33-20-11-12-21-34(33)36(28-15-7-5-8-16-28)40-29-17-9-6-10-18-29;;;/h5-24,26-27,36H,25H2,1-4H3;2*1H;/q-2;;;+2/p-2. The molecule has 1 aromatic heterocycles. The van der Waals surface area contributed by atoms with Crippen molar-refractivity contribution in [3.05, 3.63) is 160 Å². The van der Waals surface area contributed by atoms with E-state index >= 15 is 0 Å². The van der Waals surface area contributed by atoms with Gasteiger partial charge in [-0.2, -0.15) is 0 Å². The van der Waals surface area contributed by atoms with E-state index in [0.717, 1.165) is 39.5 Å². The molecule has 220 valence electrons. The topological polar surface area (TPSA) is 41.1 Å². The van der Waals surface area contributed by atoms with E-state index in [9.17, 15) is 0 Å². The number of halogens is 2. The van der Waals surface area contributed by atoms with Gasteiger partial charge >= 0.3 is 37.9 Å². The van der Waals surface area contributed by atoms with Crippen LogP contribution in [0.3, 0.4) is 0 Å². The molecule has 0 spiro atoms. The van der Waals surface area contributed by atoms with E-state index < -0.39 is 20.8 Å². The van der Waals surface area contributed by atoms with Crippen molar-refractivity contribution in [2.24, 2.45) is 0 Å². The predicted octanol–water partition coefficient (Wildman–Crippen LogP) is 12.4. The van der Waals surface area contributed by atoms with Crippen molar-refractivity contribution in [1.82, 2.24) is 4.98 Å². The molecule has 0 aliphatic heterocycles. The maximum absolute atomic E-state index is 5.19. The predicted molar refractivity (Wildman–Crippen MR) is 180 cm³/mol. The molecule has 0 radical (unpaired) electrons. The summed E-state index contributed by atoms with van der Waals surface area (Å²) in [6.45, 7) is 9.47. The Bertz CT molecular complexity index is 1530. The molecule has 43 heavy (non-hydrogen) atoms. The minimum atomic E-state index is -0.826. The first-order chi connectivity index (χ1) is 20.9. The second-order valence-electron chi connectivity index (χ2n) is 10.9. The van der Waals surface area contributed by atoms with Gasteiger partial charge in [-0.1, -0.05) is 166 Å². The van der Waals surface area contributed by atoms with E-state index in [1.807, 2.05) is 24.3 Å². The maximum atomic E-state index is 5.19. The Hall–Kier alpha value is -2.91. The van der Waals surface area contributed by atoms with E-state index in [0.29, 0.717) is 18.4 Å². The number of pyridine rings is 1. The zero-order valence-electron chi connectivity index (χ0n) is 25.1. The Morgan fingerprint density at radius 1 is 0.628 bits per heavy atom. The van der Waals surface area contributed by atoms with Crippen LogP contribution in [-0.4, -0.2) is 4.98 Å². The molecular formula is C37H37Cl2N3Zr-2. The van der Waals surface area contributed by atoms with Gasteiger partial charge in [-0.25, -0.2) is 0 Å². The van der Waals surface area contributed by atoms with Crippen molar-refractivity contribution in [3.8, 4) is 11.3 Å². The molecule has 0 saturated carbocycles. The van der Waals surface area contributed by atoms with Gasteiger partial charge in [0.05, 0.1) is 5.69 Å². The Kier molecular flexibility index (Phi) is 12.9. The van der Waals surface area contributed by atoms with Gasteiger partial charge < -0.3 is 10.6 Å². The van der Waals surface area contributed by atoms with E-state index in [1.54, 1.807) is 0 Å². The van der Waals surface area contributed by atoms with Gasteiger partial charge in [0.1, 0.15) is 0 Å². The normalized spacial score (nSPS) is 11.4. The molecule has 1 heterocycles. The molecule has 0 saturated heterocycles. The van der Waals surface area contributed by atoms with Crippen LogP contribution in [0.2, 0.25) is 0 Å². The van der Waals surface area contributed by atoms with Crippen LogP contribution in [0.5, 0.6) is 0 Å². The minimum absolute atomic E-state index is 0.151. The van der Waals surface area contributed by atoms with E-state index in [1.165, 1.54) is 11.1 Å². The van der Waals surface area contributed by atoms with Crippen LogP contribution < -0.4 is 0 Å². The van der Waals surface area contributed by atoms with Crippen molar-refractivity contribution in [1.29, 1.82) is 0 Å². The van der Waals surface area contributed by atoms with Crippen LogP contribution in [0.4, 0.5) is 11.4 Å². The van der Waals surface area contributed by atoms with Crippen molar-refractivity contribution in [3.63, 3.8) is 0 Å². The first-order valence-corrected chi connectivity index (χ1v) is 20.9. The van der Waals surface area contributed by atoms with E-state index in [2.05, 4.69) is 125 Å². The first kappa shape index (κ1) is 33.0. The number of nitrogens with zero attached hydrogens (tertiary/aromatic N) is 3. The zero-order valence-corrected chi connectivity index (χ0v) is 29.1. The van der Waals surface area contributed by atoms with Crippen molar-refractivity contribution in [2.45, 2.75) is 52.1 Å². The van der Waals surface area contributed by atoms with Crippen molar-refractivity contribution >= 4 is 28.4 Å². The summed E-state index contributed by atoms with van der Waals surface area (Å²) in [6, 6.07) is 41.9. The molecule has 0 N–H and O–H groups in total. The Morgan fingerprint density at radius 2 is 1.16 bits per heavy atom. The number of para-hydroxylation sites is 2. The van der Waals surface area contributed by atoms with Crippen LogP contribution >= 0.6 is 17.0 Å². The molecule has 5 rings (SSSR count). The summed E-state index contributed by atoms with van der Waals surface area (Å²) in [4.78, 5) is 5.12. The van der Waals surface area contributed by atoms with Crippen molar-refractivity contribution in [2.75, 3.05) is 0 Å². The Balaban J connectivity index is 0.00000135. The quantitative estimate of drug-likeness (QED) is 0.144. The third-order valence-corrected chi connectivity index (χ3v) is 7.23. The summed E-state index contributed by atoms with van der Waals surface area (Å²) >= 11 is -0.826. The van der Waals surface area contributed by atoms with Gasteiger partial charge in [-0.15, -0.1) is 11.4 Å². The summed E-state index contributed by atoms with van der Waals surface area (Å²) in [6.07, 6.45) is 0. The molecule has 4 aromatic carbocycles. The van der Waals surface area contributed by atoms with Gasteiger partial charge in [0, 0.05) is 11.3 Å². The molecular weight excluding hydrogens is 649 g/mol. The van der Waals surface area contributed by atoms with Crippen LogP contribution in [0, 0.1) is 0 Å². The van der Waals surface area contributed by atoms with Gasteiger partial charge in [0.15, 0.2) is 0 Å². The van der Waals surface area contributed by atoms with E-state index in [-0.39, 0.29) is 6.04 Å². The van der Waals surface area contributed by atoms with Crippen LogP contribution in [0.1, 0.15) is 73.5 Å². The number of hydrogen-bond donors (Lipinski definition) is 0. The summed E-state index contributed by atoms with van der Waals surface area (Å²) in [7, 11) is 9.87. The molecule has 0 amide bonds. The average molecular weight is 686 g/mol. The molecule has 0 fully saturated rings. The van der Waals surface area contributed by atoms with E-state index in [4.69, 9.17) is 32.6 Å². The van der Waals surface area contributed by atoms with Gasteiger partial charge in [0.2, 0.25) is 0 Å². The molecule has 6 heteroatoms. The molecule has 3 nitrogen and oxygen atoms in total. The molecule has 0 aliphatic rings. The number of benzene rings is 4. The fraction of sp³-hybridized carbons (Fsp3) is 0.216. The first-order valence-electron chi connectivity index (χ1n) is 14.6. The number of aromatic nitrogens is 1. The van der Waals surface area contributed by atoms with Crippen LogP contribution in [-0.2, 0) is 27.4 Å². The van der Waals surface area contributed by atoms with Gasteiger partial charge in [0.25, 0.3) is 0 Å². The summed E-state index contributed by atoms with van der Waals surface area (Å²) in [5.74, 6) is 0.818. The third-order valence-electron chi connectivity index (χ3n) is 7.23. The molecule has 0 bridgehead atoms. The second-order valence-corrected chi connectivity index (χ2v) is 14.6. The zero-order chi connectivity index (χ0) is 30.6. The number of rotatable bonds is 10. The average Bonchev–Trinajstić information content (AvgIpc) is 3.04. The fourth-order valence-corrected chi connectivity index (χ4v) is 5.16. The SMILES string of the molecule is CC(C)c1cccc(C(C)C)c1[N-]Cc1cccc(-c2ccccc2C([N-]c2ccccc2)c2ccccc2)n1.[Cl][Zr][Cl]. The fourth-order valence-electron chi connectivity index (χ4n) is 5.16. The third kappa shape index (κ3) is 9.05. The molecule has 0 aliphatic carbocycles. The van der Waals surface area contributed by atoms with Gasteiger partial charge in [-0.3, -0.25) is 4.98 Å². The second kappa shape index (κ2) is 16.8. The number of hydrogen-bond acceptors (Lipinski definition) is 1. The monoisotopic (exact) mass is 683 g/mol. The summed E-state index contributed by atoms with van der Waals surface area (Å²) in [5, 5.41) is 10.3. The van der Waals surface area contributed by atoms with Crippen LogP contribution in [0.15, 0.2) is 121 Å². The van der Waals surface area contributed by atoms with Crippen molar-refractivity contribution < 1.29 is 20.8 Å². The molecule has 1 atom stereocenters. The molecule has 1 unspecified atom stereocenters. The summed E-state index contributed by atoms with van der Waals surface area (Å²) in [5.41, 5.74) is 9.92. The Morgan fingerprint density at radius 3 is 1.79 bits per heavy atom. The van der Waals surface area contributed by atoms with Gasteiger partial charge in [-0.05, 0) is 29.5 Å². The van der Waals surface area contributed by atoms with Crippen LogP contribution in [0.25, 0.3) is 21.9 Å². The Labute approximate surface area is 275 Å². The molecule has 5 aromatic rings. The summed E-state index contributed by atoms with van der Waals surface area (Å²) < 4.78 is 0.